The number of nitrogens with one attached hydrogen (secondary N) is 1. The quantitative estimate of drug-likeness (QED) is 0.762. The van der Waals surface area contributed by atoms with Crippen LogP contribution in [0.1, 0.15) is 22.0 Å². The number of rotatable bonds is 4. The van der Waals surface area contributed by atoms with E-state index in [1.54, 1.807) is 6.07 Å². The molecule has 0 bridgehead atoms. The van der Waals surface area contributed by atoms with Crippen LogP contribution in [0.2, 0.25) is 0 Å². The van der Waals surface area contributed by atoms with Gasteiger partial charge in [0.05, 0.1) is 13.2 Å². The number of amides is 2. The summed E-state index contributed by atoms with van der Waals surface area (Å²) in [5.74, 6) is -2.54. The molecule has 0 saturated carbocycles. The van der Waals surface area contributed by atoms with Crippen LogP contribution >= 0.6 is 0 Å². The number of ether oxygens (including phenoxy) is 1. The van der Waals surface area contributed by atoms with Crippen molar-refractivity contribution >= 4 is 11.8 Å². The van der Waals surface area contributed by atoms with Gasteiger partial charge in [-0.2, -0.15) is 13.2 Å². The van der Waals surface area contributed by atoms with Crippen LogP contribution in [-0.4, -0.2) is 47.9 Å². The van der Waals surface area contributed by atoms with Crippen molar-refractivity contribution in [1.29, 1.82) is 0 Å². The Balaban J connectivity index is 2.18. The van der Waals surface area contributed by atoms with Crippen molar-refractivity contribution in [1.82, 2.24) is 10.2 Å². The van der Waals surface area contributed by atoms with E-state index < -0.39 is 35.7 Å². The summed E-state index contributed by atoms with van der Waals surface area (Å²) in [5.41, 5.74) is -3.49. The second kappa shape index (κ2) is 7.40. The molecular weight excluding hydrogens is 389 g/mol. The molecule has 2 amide bonds. The molecule has 1 fully saturated rings. The predicted molar refractivity (Wildman–Crippen MR) is 97.3 cm³/mol. The van der Waals surface area contributed by atoms with Crippen LogP contribution in [0.3, 0.4) is 0 Å². The lowest BCUT2D eigenvalue weighted by Gasteiger charge is -2.49. The molecule has 2 aromatic carbocycles. The summed E-state index contributed by atoms with van der Waals surface area (Å²) in [5, 5.41) is 13.2. The maximum absolute atomic E-state index is 14.0. The molecule has 3 atom stereocenters. The van der Waals surface area contributed by atoms with E-state index in [2.05, 4.69) is 5.32 Å². The second-order valence-electron chi connectivity index (χ2n) is 6.69. The van der Waals surface area contributed by atoms with Gasteiger partial charge < -0.3 is 15.2 Å². The van der Waals surface area contributed by atoms with Crippen LogP contribution in [0.5, 0.6) is 5.75 Å². The van der Waals surface area contributed by atoms with Gasteiger partial charge in [0.15, 0.2) is 5.78 Å². The van der Waals surface area contributed by atoms with Crippen molar-refractivity contribution in [2.45, 2.75) is 17.9 Å². The lowest BCUT2D eigenvalue weighted by Crippen LogP contribution is -2.72. The van der Waals surface area contributed by atoms with Gasteiger partial charge in [0.25, 0.3) is 5.72 Å². The van der Waals surface area contributed by atoms with E-state index in [0.29, 0.717) is 5.75 Å². The third-order valence-electron chi connectivity index (χ3n) is 5.09. The molecule has 29 heavy (non-hydrogen) atoms. The van der Waals surface area contributed by atoms with Crippen LogP contribution in [0.25, 0.3) is 0 Å². The molecule has 6 nitrogen and oxygen atoms in total. The van der Waals surface area contributed by atoms with E-state index in [4.69, 9.17) is 4.74 Å². The molecule has 0 aliphatic carbocycles. The average molecular weight is 408 g/mol. The highest BCUT2D eigenvalue weighted by atomic mass is 19.4. The fourth-order valence-electron chi connectivity index (χ4n) is 3.48. The number of hydrogen-bond acceptors (Lipinski definition) is 4. The number of hydrogen-bond donors (Lipinski definition) is 2. The van der Waals surface area contributed by atoms with Gasteiger partial charge in [-0.15, -0.1) is 0 Å². The fraction of sp³-hybridized carbons (Fsp3) is 0.300. The topological polar surface area (TPSA) is 78.9 Å². The summed E-state index contributed by atoms with van der Waals surface area (Å²) < 4.78 is 47.2. The molecule has 1 saturated heterocycles. The average Bonchev–Trinajstić information content (AvgIpc) is 2.71. The zero-order chi connectivity index (χ0) is 21.4. The van der Waals surface area contributed by atoms with E-state index in [-0.39, 0.29) is 16.0 Å². The lowest BCUT2D eigenvalue weighted by atomic mass is 9.76. The maximum atomic E-state index is 14.0. The SMILES string of the molecule is COc1ccc([C@H]2NC(=O)N(C)[C@@](O)(C(F)(F)F)[C@@H]2C(=O)c2ccccc2)cc1. The van der Waals surface area contributed by atoms with E-state index in [1.165, 1.54) is 55.6 Å². The number of urea groups is 1. The minimum absolute atomic E-state index is 0.0109. The molecule has 2 N–H and O–H groups in total. The Hall–Kier alpha value is -3.07. The second-order valence-corrected chi connectivity index (χ2v) is 6.69. The normalized spacial score (nSPS) is 24.8. The zero-order valence-corrected chi connectivity index (χ0v) is 15.6. The molecule has 0 aromatic heterocycles. The predicted octanol–water partition coefficient (Wildman–Crippen LogP) is 3.14. The minimum Gasteiger partial charge on any atom is -0.497 e. The number of aliphatic hydroxyl groups is 1. The first kappa shape index (κ1) is 20.7. The van der Waals surface area contributed by atoms with E-state index in [0.717, 1.165) is 7.05 Å². The molecule has 0 unspecified atom stereocenters. The largest absolute Gasteiger partial charge is 0.497 e. The number of halogens is 3. The van der Waals surface area contributed by atoms with Crippen molar-refractivity contribution in [3.8, 4) is 5.75 Å². The number of methoxy groups -OCH3 is 1. The first-order valence-electron chi connectivity index (χ1n) is 8.68. The van der Waals surface area contributed by atoms with Crippen molar-refractivity contribution in [2.75, 3.05) is 14.2 Å². The number of carbonyl (C=O) groups excluding carboxylic acids is 2. The van der Waals surface area contributed by atoms with Crippen LogP contribution in [0.4, 0.5) is 18.0 Å². The maximum Gasteiger partial charge on any atom is 0.437 e. The van der Waals surface area contributed by atoms with Gasteiger partial charge in [-0.05, 0) is 17.7 Å². The molecule has 9 heteroatoms. The summed E-state index contributed by atoms with van der Waals surface area (Å²) in [6.45, 7) is 0. The summed E-state index contributed by atoms with van der Waals surface area (Å²) in [4.78, 5) is 25.6. The Morgan fingerprint density at radius 3 is 2.24 bits per heavy atom. The third-order valence-corrected chi connectivity index (χ3v) is 5.09. The lowest BCUT2D eigenvalue weighted by molar-refractivity contribution is -0.322. The van der Waals surface area contributed by atoms with E-state index >= 15 is 0 Å². The summed E-state index contributed by atoms with van der Waals surface area (Å²) >= 11 is 0. The molecule has 1 heterocycles. The molecule has 3 rings (SSSR count). The number of Topliss-reactive ketones (excluding diaryl/α,β-unsaturated/α-hetero) is 1. The highest BCUT2D eigenvalue weighted by Crippen LogP contribution is 2.47. The molecular formula is C20H19F3N2O4. The highest BCUT2D eigenvalue weighted by Gasteiger charge is 2.69. The molecule has 0 radical (unpaired) electrons. The van der Waals surface area contributed by atoms with Crippen LogP contribution in [-0.2, 0) is 0 Å². The number of nitrogens with zero attached hydrogens (tertiary/aromatic N) is 1. The van der Waals surface area contributed by atoms with E-state index in [1.807, 2.05) is 0 Å². The first-order valence-corrected chi connectivity index (χ1v) is 8.68. The van der Waals surface area contributed by atoms with Gasteiger partial charge in [-0.25, -0.2) is 4.79 Å². The van der Waals surface area contributed by atoms with Gasteiger partial charge in [0, 0.05) is 12.6 Å². The fourth-order valence-corrected chi connectivity index (χ4v) is 3.48. The minimum atomic E-state index is -5.28. The van der Waals surface area contributed by atoms with Crippen molar-refractivity contribution in [3.63, 3.8) is 0 Å². The molecule has 154 valence electrons. The Kier molecular flexibility index (Phi) is 5.27. The van der Waals surface area contributed by atoms with Gasteiger partial charge in [0.2, 0.25) is 0 Å². The Morgan fingerprint density at radius 2 is 1.72 bits per heavy atom. The summed E-state index contributed by atoms with van der Waals surface area (Å²) in [6, 6.07) is 10.7. The van der Waals surface area contributed by atoms with Gasteiger partial charge in [-0.1, -0.05) is 42.5 Å². The van der Waals surface area contributed by atoms with Crippen molar-refractivity contribution in [3.05, 3.63) is 65.7 Å². The molecule has 1 aliphatic heterocycles. The Bertz CT molecular complexity index is 902. The number of alkyl halides is 3. The van der Waals surface area contributed by atoms with Crippen LogP contribution in [0.15, 0.2) is 54.6 Å². The number of benzene rings is 2. The molecule has 0 spiro atoms. The van der Waals surface area contributed by atoms with Gasteiger partial charge >= 0.3 is 12.2 Å². The smallest absolute Gasteiger partial charge is 0.437 e. The number of ketones is 1. The monoisotopic (exact) mass is 408 g/mol. The zero-order valence-electron chi connectivity index (χ0n) is 15.6. The summed E-state index contributed by atoms with van der Waals surface area (Å²) in [6.07, 6.45) is -5.28. The standard InChI is InChI=1S/C20H19F3N2O4/c1-25-18(27)24-16(12-8-10-14(29-2)11-9-12)15(19(25,28)20(21,22)23)17(26)13-6-4-3-5-7-13/h3-11,15-16,28H,1-2H3,(H,24,27)/t15-,16+,19-/m0/s1. The first-order chi connectivity index (χ1) is 13.6. The Morgan fingerprint density at radius 1 is 1.14 bits per heavy atom. The van der Waals surface area contributed by atoms with Crippen LogP contribution < -0.4 is 10.1 Å². The van der Waals surface area contributed by atoms with Crippen molar-refractivity contribution < 1.29 is 32.6 Å². The third kappa shape index (κ3) is 3.42. The summed E-state index contributed by atoms with van der Waals surface area (Å²) in [7, 11) is 2.23. The van der Waals surface area contributed by atoms with Crippen molar-refractivity contribution in [2.24, 2.45) is 5.92 Å². The van der Waals surface area contributed by atoms with Gasteiger partial charge in [-0.3, -0.25) is 9.69 Å². The van der Waals surface area contributed by atoms with Crippen LogP contribution in [0, 0.1) is 5.92 Å². The number of carbonyl (C=O) groups is 2. The Labute approximate surface area is 164 Å². The van der Waals surface area contributed by atoms with Gasteiger partial charge in [0.1, 0.15) is 11.7 Å². The van der Waals surface area contributed by atoms with E-state index in [9.17, 15) is 27.9 Å². The highest BCUT2D eigenvalue weighted by molar-refractivity contribution is 6.00. The molecule has 2 aromatic rings. The molecule has 1 aliphatic rings.